The van der Waals surface area contributed by atoms with E-state index in [0.717, 1.165) is 32.4 Å². The Balaban J connectivity index is 1.36. The number of amides is 1. The van der Waals surface area contributed by atoms with E-state index in [0.29, 0.717) is 24.1 Å². The number of benzene rings is 1. The van der Waals surface area contributed by atoms with Crippen molar-refractivity contribution in [2.75, 3.05) is 13.1 Å². The maximum atomic E-state index is 12.7. The minimum Gasteiger partial charge on any atom is -0.425 e. The fraction of sp³-hybridized carbons (Fsp3) is 0.550. The zero-order chi connectivity index (χ0) is 17.1. The highest BCUT2D eigenvalue weighted by atomic mass is 16.4. The highest BCUT2D eigenvalue weighted by molar-refractivity contribution is 5.79. The van der Waals surface area contributed by atoms with Crippen LogP contribution in [0.5, 0.6) is 0 Å². The first kappa shape index (κ1) is 16.3. The smallest absolute Gasteiger partial charge is 0.225 e. The Morgan fingerprint density at radius 1 is 1.08 bits per heavy atom. The summed E-state index contributed by atoms with van der Waals surface area (Å²) in [6.07, 6.45) is 7.36. The van der Waals surface area contributed by atoms with Crippen LogP contribution in [0, 0.1) is 5.92 Å². The van der Waals surface area contributed by atoms with Crippen LogP contribution in [0.15, 0.2) is 34.7 Å². The molecule has 25 heavy (non-hydrogen) atoms. The van der Waals surface area contributed by atoms with Gasteiger partial charge in [0.1, 0.15) is 0 Å². The molecule has 1 saturated carbocycles. The fourth-order valence-electron chi connectivity index (χ4n) is 4.04. The van der Waals surface area contributed by atoms with Crippen molar-refractivity contribution in [3.63, 3.8) is 0 Å². The molecule has 5 heteroatoms. The lowest BCUT2D eigenvalue weighted by Gasteiger charge is -2.26. The molecule has 0 bridgehead atoms. The highest BCUT2D eigenvalue weighted by Crippen LogP contribution is 2.31. The van der Waals surface area contributed by atoms with Crippen molar-refractivity contribution >= 4 is 5.91 Å². The molecule has 5 nitrogen and oxygen atoms in total. The number of hydrogen-bond donors (Lipinski definition) is 0. The molecule has 1 saturated heterocycles. The lowest BCUT2D eigenvalue weighted by Crippen LogP contribution is -2.35. The molecule has 1 aromatic heterocycles. The predicted molar refractivity (Wildman–Crippen MR) is 94.1 cm³/mol. The summed E-state index contributed by atoms with van der Waals surface area (Å²) in [5.74, 6) is 2.10. The maximum Gasteiger partial charge on any atom is 0.225 e. The summed E-state index contributed by atoms with van der Waals surface area (Å²) in [6, 6.07) is 10.1. The molecule has 0 spiro atoms. The summed E-state index contributed by atoms with van der Waals surface area (Å²) < 4.78 is 5.88. The summed E-state index contributed by atoms with van der Waals surface area (Å²) in [4.78, 5) is 14.7. The minimum atomic E-state index is 0.185. The van der Waals surface area contributed by atoms with Crippen molar-refractivity contribution in [2.24, 2.45) is 5.92 Å². The molecule has 1 amide bonds. The van der Waals surface area contributed by atoms with Gasteiger partial charge in [0.25, 0.3) is 0 Å². The molecule has 1 atom stereocenters. The lowest BCUT2D eigenvalue weighted by molar-refractivity contribution is -0.135. The van der Waals surface area contributed by atoms with E-state index in [9.17, 15) is 4.79 Å². The van der Waals surface area contributed by atoms with E-state index in [4.69, 9.17) is 4.42 Å². The van der Waals surface area contributed by atoms with Crippen LogP contribution < -0.4 is 0 Å². The van der Waals surface area contributed by atoms with Crippen LogP contribution in [0.1, 0.15) is 61.8 Å². The average Bonchev–Trinajstić information content (AvgIpc) is 3.32. The number of hydrogen-bond acceptors (Lipinski definition) is 4. The normalized spacial score (nSPS) is 21.6. The van der Waals surface area contributed by atoms with Gasteiger partial charge in [0, 0.05) is 19.0 Å². The molecule has 0 radical (unpaired) electrons. The standard InChI is InChI=1S/C20H25N3O2/c24-20(16-9-5-2-6-10-16)23-12-11-17(14-23)19-22-21-18(25-19)13-15-7-3-1-4-8-15/h1,3-4,7-8,16-17H,2,5-6,9-14H2/t17-/m0/s1. The summed E-state index contributed by atoms with van der Waals surface area (Å²) in [6.45, 7) is 1.54. The Morgan fingerprint density at radius 3 is 2.68 bits per heavy atom. The largest absolute Gasteiger partial charge is 0.425 e. The van der Waals surface area contributed by atoms with E-state index >= 15 is 0 Å². The molecule has 0 unspecified atom stereocenters. The predicted octanol–water partition coefficient (Wildman–Crippen LogP) is 3.56. The lowest BCUT2D eigenvalue weighted by atomic mass is 9.88. The van der Waals surface area contributed by atoms with Crippen molar-refractivity contribution in [1.82, 2.24) is 15.1 Å². The molecule has 0 N–H and O–H groups in total. The van der Waals surface area contributed by atoms with Crippen molar-refractivity contribution in [2.45, 2.75) is 50.9 Å². The molecular formula is C20H25N3O2. The quantitative estimate of drug-likeness (QED) is 0.854. The second-order valence-electron chi connectivity index (χ2n) is 7.30. The summed E-state index contributed by atoms with van der Waals surface area (Å²) in [5, 5.41) is 8.44. The second kappa shape index (κ2) is 7.38. The fourth-order valence-corrected chi connectivity index (χ4v) is 4.04. The van der Waals surface area contributed by atoms with Crippen molar-refractivity contribution < 1.29 is 9.21 Å². The van der Waals surface area contributed by atoms with Gasteiger partial charge in [0.2, 0.25) is 17.7 Å². The number of nitrogens with zero attached hydrogens (tertiary/aromatic N) is 3. The number of carbonyl (C=O) groups excluding carboxylic acids is 1. The zero-order valence-corrected chi connectivity index (χ0v) is 14.6. The second-order valence-corrected chi connectivity index (χ2v) is 7.30. The monoisotopic (exact) mass is 339 g/mol. The van der Waals surface area contributed by atoms with E-state index in [2.05, 4.69) is 22.3 Å². The third-order valence-electron chi connectivity index (χ3n) is 5.48. The van der Waals surface area contributed by atoms with Crippen LogP contribution in [0.25, 0.3) is 0 Å². The number of rotatable bonds is 4. The Kier molecular flexibility index (Phi) is 4.81. The van der Waals surface area contributed by atoms with Crippen LogP contribution in [0.4, 0.5) is 0 Å². The molecular weight excluding hydrogens is 314 g/mol. The Labute approximate surface area is 148 Å². The van der Waals surface area contributed by atoms with Gasteiger partial charge in [-0.05, 0) is 24.8 Å². The van der Waals surface area contributed by atoms with Crippen molar-refractivity contribution in [3.8, 4) is 0 Å². The molecule has 4 rings (SSSR count). The third-order valence-corrected chi connectivity index (χ3v) is 5.48. The minimum absolute atomic E-state index is 0.185. The van der Waals surface area contributed by atoms with E-state index in [1.165, 1.54) is 24.8 Å². The van der Waals surface area contributed by atoms with Crippen molar-refractivity contribution in [1.29, 1.82) is 0 Å². The first-order valence-corrected chi connectivity index (χ1v) is 9.44. The van der Waals surface area contributed by atoms with E-state index in [-0.39, 0.29) is 11.8 Å². The third kappa shape index (κ3) is 3.75. The maximum absolute atomic E-state index is 12.7. The number of carbonyl (C=O) groups is 1. The van der Waals surface area contributed by atoms with Gasteiger partial charge >= 0.3 is 0 Å². The van der Waals surface area contributed by atoms with Crippen LogP contribution in [0.3, 0.4) is 0 Å². The van der Waals surface area contributed by atoms with Crippen LogP contribution in [0.2, 0.25) is 0 Å². The molecule has 2 fully saturated rings. The van der Waals surface area contributed by atoms with Crippen LogP contribution >= 0.6 is 0 Å². The first-order valence-electron chi connectivity index (χ1n) is 9.44. The van der Waals surface area contributed by atoms with Gasteiger partial charge in [-0.2, -0.15) is 0 Å². The zero-order valence-electron chi connectivity index (χ0n) is 14.6. The summed E-state index contributed by atoms with van der Waals surface area (Å²) in [5.41, 5.74) is 1.17. The Morgan fingerprint density at radius 2 is 1.88 bits per heavy atom. The molecule has 2 aromatic rings. The summed E-state index contributed by atoms with van der Waals surface area (Å²) >= 11 is 0. The topological polar surface area (TPSA) is 59.2 Å². The molecule has 2 aliphatic rings. The van der Waals surface area contributed by atoms with Gasteiger partial charge in [-0.15, -0.1) is 10.2 Å². The van der Waals surface area contributed by atoms with E-state index in [1.807, 2.05) is 23.1 Å². The SMILES string of the molecule is O=C(C1CCCCC1)N1CC[C@H](c2nnc(Cc3ccccc3)o2)C1. The molecule has 1 aliphatic heterocycles. The van der Waals surface area contributed by atoms with Gasteiger partial charge in [-0.3, -0.25) is 4.79 Å². The van der Waals surface area contributed by atoms with Crippen molar-refractivity contribution in [3.05, 3.63) is 47.7 Å². The Hall–Kier alpha value is -2.17. The number of aromatic nitrogens is 2. The van der Waals surface area contributed by atoms with Gasteiger partial charge in [0.15, 0.2) is 0 Å². The molecule has 2 heterocycles. The van der Waals surface area contributed by atoms with Gasteiger partial charge < -0.3 is 9.32 Å². The van der Waals surface area contributed by atoms with E-state index in [1.54, 1.807) is 0 Å². The van der Waals surface area contributed by atoms with Crippen LogP contribution in [-0.4, -0.2) is 34.1 Å². The highest BCUT2D eigenvalue weighted by Gasteiger charge is 2.34. The van der Waals surface area contributed by atoms with Gasteiger partial charge in [-0.25, -0.2) is 0 Å². The Bertz CT molecular complexity index is 707. The van der Waals surface area contributed by atoms with Gasteiger partial charge in [0.05, 0.1) is 12.3 Å². The molecule has 1 aliphatic carbocycles. The van der Waals surface area contributed by atoms with E-state index < -0.39 is 0 Å². The average molecular weight is 339 g/mol. The first-order chi connectivity index (χ1) is 12.3. The van der Waals surface area contributed by atoms with Gasteiger partial charge in [-0.1, -0.05) is 49.6 Å². The van der Waals surface area contributed by atoms with Crippen LogP contribution in [-0.2, 0) is 11.2 Å². The molecule has 132 valence electrons. The summed E-state index contributed by atoms with van der Waals surface area (Å²) in [7, 11) is 0. The molecule has 1 aromatic carbocycles. The number of likely N-dealkylation sites (tertiary alicyclic amines) is 1.